The van der Waals surface area contributed by atoms with Gasteiger partial charge in [-0.25, -0.2) is 4.39 Å². The molecule has 1 amide bonds. The van der Waals surface area contributed by atoms with Crippen molar-refractivity contribution in [1.82, 2.24) is 20.4 Å². The van der Waals surface area contributed by atoms with Gasteiger partial charge in [-0.1, -0.05) is 30.3 Å². The van der Waals surface area contributed by atoms with Crippen LogP contribution in [-0.4, -0.2) is 52.3 Å². The minimum Gasteiger partial charge on any atom is -0.378 e. The number of amides is 1. The Morgan fingerprint density at radius 2 is 1.86 bits per heavy atom. The number of halogens is 1. The number of rotatable bonds is 4. The van der Waals surface area contributed by atoms with Gasteiger partial charge in [-0.2, -0.15) is 5.10 Å². The Kier molecular flexibility index (Phi) is 4.77. The highest BCUT2D eigenvalue weighted by atomic mass is 19.1. The van der Waals surface area contributed by atoms with E-state index in [0.717, 1.165) is 35.9 Å². The molecule has 3 heterocycles. The van der Waals surface area contributed by atoms with Crippen LogP contribution in [0.25, 0.3) is 10.9 Å². The number of piperidine rings is 1. The highest BCUT2D eigenvalue weighted by Crippen LogP contribution is 2.30. The Hall–Kier alpha value is -2.77. The Labute approximate surface area is 168 Å². The summed E-state index contributed by atoms with van der Waals surface area (Å²) in [6.45, 7) is 2.06. The zero-order valence-electron chi connectivity index (χ0n) is 16.0. The summed E-state index contributed by atoms with van der Waals surface area (Å²) in [6.07, 6.45) is 1.65. The van der Waals surface area contributed by atoms with Gasteiger partial charge in [-0.3, -0.25) is 14.8 Å². The van der Waals surface area contributed by atoms with Crippen LogP contribution >= 0.6 is 0 Å². The topological polar surface area (TPSA) is 70.2 Å². The van der Waals surface area contributed by atoms with Crippen molar-refractivity contribution < 1.29 is 13.9 Å². The van der Waals surface area contributed by atoms with Gasteiger partial charge < -0.3 is 10.1 Å². The van der Waals surface area contributed by atoms with Crippen molar-refractivity contribution >= 4 is 16.8 Å². The third kappa shape index (κ3) is 3.63. The average Bonchev–Trinajstić information content (AvgIpc) is 3.14. The fourth-order valence-electron chi connectivity index (χ4n) is 4.56. The van der Waals surface area contributed by atoms with Gasteiger partial charge in [0.05, 0.1) is 18.7 Å². The number of carbonyl (C=O) groups is 1. The van der Waals surface area contributed by atoms with E-state index in [1.807, 2.05) is 36.4 Å². The summed E-state index contributed by atoms with van der Waals surface area (Å²) in [4.78, 5) is 15.3. The minimum absolute atomic E-state index is 0.0846. The van der Waals surface area contributed by atoms with Crippen LogP contribution in [0.3, 0.4) is 0 Å². The van der Waals surface area contributed by atoms with Crippen LogP contribution in [0.5, 0.6) is 0 Å². The number of fused-ring (bicyclic) bond motifs is 3. The molecule has 2 aliphatic rings. The smallest absolute Gasteiger partial charge is 0.272 e. The van der Waals surface area contributed by atoms with Gasteiger partial charge in [-0.15, -0.1) is 0 Å². The predicted molar refractivity (Wildman–Crippen MR) is 107 cm³/mol. The second kappa shape index (κ2) is 7.57. The van der Waals surface area contributed by atoms with Crippen LogP contribution in [0.2, 0.25) is 0 Å². The molecular formula is C22H23FN4O2. The molecule has 2 aromatic carbocycles. The number of nitrogens with one attached hydrogen (secondary N) is 2. The van der Waals surface area contributed by atoms with Crippen molar-refractivity contribution in [2.24, 2.45) is 0 Å². The van der Waals surface area contributed by atoms with Crippen molar-refractivity contribution in [3.8, 4) is 0 Å². The van der Waals surface area contributed by atoms with Crippen molar-refractivity contribution in [1.29, 1.82) is 0 Å². The van der Waals surface area contributed by atoms with E-state index < -0.39 is 0 Å². The van der Waals surface area contributed by atoms with E-state index in [2.05, 4.69) is 20.4 Å². The molecule has 2 unspecified atom stereocenters. The van der Waals surface area contributed by atoms with Crippen LogP contribution in [0.1, 0.15) is 28.9 Å². The van der Waals surface area contributed by atoms with Gasteiger partial charge >= 0.3 is 0 Å². The Bertz CT molecular complexity index is 1010. The van der Waals surface area contributed by atoms with E-state index in [1.165, 1.54) is 12.1 Å². The second-order valence-corrected chi connectivity index (χ2v) is 7.90. The minimum atomic E-state index is -0.218. The maximum atomic E-state index is 13.2. The van der Waals surface area contributed by atoms with Crippen molar-refractivity contribution in [2.45, 2.75) is 37.5 Å². The molecule has 1 aromatic heterocycles. The fourth-order valence-corrected chi connectivity index (χ4v) is 4.56. The summed E-state index contributed by atoms with van der Waals surface area (Å²) in [5, 5.41) is 11.1. The van der Waals surface area contributed by atoms with Gasteiger partial charge in [0.25, 0.3) is 5.91 Å². The maximum absolute atomic E-state index is 13.2. The number of nitrogens with zero attached hydrogens (tertiary/aromatic N) is 2. The van der Waals surface area contributed by atoms with E-state index in [-0.39, 0.29) is 29.8 Å². The van der Waals surface area contributed by atoms with Gasteiger partial charge in [0.1, 0.15) is 5.82 Å². The molecule has 2 saturated heterocycles. The van der Waals surface area contributed by atoms with Crippen LogP contribution in [0.4, 0.5) is 4.39 Å². The molecule has 0 aliphatic carbocycles. The highest BCUT2D eigenvalue weighted by Gasteiger charge is 2.39. The van der Waals surface area contributed by atoms with E-state index >= 15 is 0 Å². The highest BCUT2D eigenvalue weighted by molar-refractivity contribution is 6.04. The molecule has 2 fully saturated rings. The van der Waals surface area contributed by atoms with Crippen LogP contribution in [-0.2, 0) is 11.3 Å². The van der Waals surface area contributed by atoms with Gasteiger partial charge in [0.15, 0.2) is 5.69 Å². The summed E-state index contributed by atoms with van der Waals surface area (Å²) < 4.78 is 19.0. The fraction of sp³-hybridized carbons (Fsp3) is 0.364. The van der Waals surface area contributed by atoms with Crippen molar-refractivity contribution in [2.75, 3.05) is 13.2 Å². The Morgan fingerprint density at radius 3 is 2.62 bits per heavy atom. The monoisotopic (exact) mass is 394 g/mol. The number of hydrogen-bond donors (Lipinski definition) is 2. The first-order chi connectivity index (χ1) is 14.2. The lowest BCUT2D eigenvalue weighted by atomic mass is 9.89. The van der Waals surface area contributed by atoms with E-state index in [9.17, 15) is 9.18 Å². The summed E-state index contributed by atoms with van der Waals surface area (Å²) in [5.74, 6) is -0.358. The van der Waals surface area contributed by atoms with Crippen LogP contribution in [0, 0.1) is 5.82 Å². The molecule has 0 radical (unpaired) electrons. The lowest BCUT2D eigenvalue weighted by Gasteiger charge is -2.48. The first kappa shape index (κ1) is 18.3. The molecule has 3 aromatic rings. The summed E-state index contributed by atoms with van der Waals surface area (Å²) in [6, 6.07) is 14.9. The number of para-hydroxylation sites is 1. The number of aromatic amines is 1. The molecule has 0 spiro atoms. The number of morpholine rings is 1. The normalized spacial score (nSPS) is 24.5. The Balaban J connectivity index is 1.28. The quantitative estimate of drug-likeness (QED) is 0.714. The largest absolute Gasteiger partial charge is 0.378 e. The second-order valence-electron chi connectivity index (χ2n) is 7.90. The van der Waals surface area contributed by atoms with E-state index in [1.54, 1.807) is 0 Å². The molecule has 150 valence electrons. The average molecular weight is 394 g/mol. The van der Waals surface area contributed by atoms with Gasteiger partial charge in [0, 0.05) is 30.1 Å². The summed E-state index contributed by atoms with van der Waals surface area (Å²) in [7, 11) is 0. The lowest BCUT2D eigenvalue weighted by molar-refractivity contribution is -0.0843. The van der Waals surface area contributed by atoms with E-state index in [4.69, 9.17) is 4.74 Å². The number of ether oxygens (including phenoxy) is 1. The molecule has 6 nitrogen and oxygen atoms in total. The first-order valence-electron chi connectivity index (χ1n) is 9.99. The number of hydrogen-bond acceptors (Lipinski definition) is 4. The predicted octanol–water partition coefficient (Wildman–Crippen LogP) is 2.86. The third-order valence-electron chi connectivity index (χ3n) is 5.97. The molecule has 2 atom stereocenters. The van der Waals surface area contributed by atoms with Crippen molar-refractivity contribution in [3.63, 3.8) is 0 Å². The lowest BCUT2D eigenvalue weighted by Crippen LogP contribution is -2.60. The first-order valence-corrected chi connectivity index (χ1v) is 9.99. The molecular weight excluding hydrogens is 371 g/mol. The van der Waals surface area contributed by atoms with Crippen LogP contribution in [0.15, 0.2) is 48.5 Å². The van der Waals surface area contributed by atoms with Crippen LogP contribution < -0.4 is 5.32 Å². The molecule has 29 heavy (non-hydrogen) atoms. The van der Waals surface area contributed by atoms with Gasteiger partial charge in [0.2, 0.25) is 0 Å². The molecule has 2 aliphatic heterocycles. The molecule has 7 heteroatoms. The maximum Gasteiger partial charge on any atom is 0.272 e. The zero-order valence-corrected chi connectivity index (χ0v) is 16.0. The molecule has 5 rings (SSSR count). The Morgan fingerprint density at radius 1 is 1.14 bits per heavy atom. The van der Waals surface area contributed by atoms with Crippen molar-refractivity contribution in [3.05, 3.63) is 65.6 Å². The van der Waals surface area contributed by atoms with Gasteiger partial charge in [-0.05, 0) is 36.6 Å². The number of carbonyl (C=O) groups excluding carboxylic acids is 1. The molecule has 2 bridgehead atoms. The number of H-pyrrole nitrogens is 1. The standard InChI is InChI=1S/C22H23FN4O2/c23-15-7-5-14(6-8-15)11-27-17-9-16(10-18(27)13-29-12-17)24-22(28)21-19-3-1-2-4-20(19)25-26-21/h1-8,16-18H,9-13H2,(H,24,28)(H,25,26). The third-order valence-corrected chi connectivity index (χ3v) is 5.97. The summed E-state index contributed by atoms with van der Waals surface area (Å²) in [5.41, 5.74) is 2.39. The zero-order chi connectivity index (χ0) is 19.8. The molecule has 0 saturated carbocycles. The number of benzene rings is 2. The SMILES string of the molecule is O=C(NC1CC2COCC(C1)N2Cc1ccc(F)cc1)c1n[nH]c2ccccc12. The molecule has 2 N–H and O–H groups in total. The number of aromatic nitrogens is 2. The summed E-state index contributed by atoms with van der Waals surface area (Å²) >= 11 is 0. The van der Waals surface area contributed by atoms with E-state index in [0.29, 0.717) is 18.9 Å².